The van der Waals surface area contributed by atoms with E-state index < -0.39 is 0 Å². The zero-order valence-electron chi connectivity index (χ0n) is 12.3. The van der Waals surface area contributed by atoms with Gasteiger partial charge >= 0.3 is 0 Å². The molecule has 1 heterocycles. The van der Waals surface area contributed by atoms with Crippen LogP contribution in [0.2, 0.25) is 0 Å². The number of methoxy groups -OCH3 is 1. The van der Waals surface area contributed by atoms with Gasteiger partial charge in [0.1, 0.15) is 0 Å². The molecule has 0 bridgehead atoms. The van der Waals surface area contributed by atoms with E-state index in [1.807, 2.05) is 6.92 Å². The predicted octanol–water partition coefficient (Wildman–Crippen LogP) is 1.93. The number of likely N-dealkylation sites (tertiary alicyclic amines) is 1. The van der Waals surface area contributed by atoms with Gasteiger partial charge in [0.15, 0.2) is 11.5 Å². The maximum absolute atomic E-state index is 12.5. The van der Waals surface area contributed by atoms with Crippen molar-refractivity contribution in [1.82, 2.24) is 4.90 Å². The van der Waals surface area contributed by atoms with Gasteiger partial charge in [-0.1, -0.05) is 25.2 Å². The Balaban J connectivity index is 2.14. The molecular formula is C15H20N2O3S. The van der Waals surface area contributed by atoms with E-state index in [4.69, 9.17) is 22.7 Å². The number of phenols is 1. The third kappa shape index (κ3) is 2.95. The molecule has 0 aromatic heterocycles. The van der Waals surface area contributed by atoms with Crippen LogP contribution in [0.4, 0.5) is 0 Å². The Kier molecular flexibility index (Phi) is 4.37. The number of benzene rings is 1. The van der Waals surface area contributed by atoms with Crippen LogP contribution in [0.3, 0.4) is 0 Å². The van der Waals surface area contributed by atoms with Gasteiger partial charge in [0.05, 0.1) is 17.7 Å². The van der Waals surface area contributed by atoms with Gasteiger partial charge in [-0.05, 0) is 25.0 Å². The van der Waals surface area contributed by atoms with Crippen LogP contribution >= 0.6 is 12.2 Å². The largest absolute Gasteiger partial charge is 0.504 e. The number of rotatable bonds is 3. The average molecular weight is 308 g/mol. The molecule has 21 heavy (non-hydrogen) atoms. The number of hydrogen-bond donors (Lipinski definition) is 2. The second-order valence-electron chi connectivity index (χ2n) is 5.57. The van der Waals surface area contributed by atoms with Crippen molar-refractivity contribution in [1.29, 1.82) is 0 Å². The van der Waals surface area contributed by atoms with Crippen molar-refractivity contribution in [3.05, 3.63) is 23.8 Å². The minimum atomic E-state index is -0.198. The molecule has 3 N–H and O–H groups in total. The lowest BCUT2D eigenvalue weighted by atomic mass is 9.80. The van der Waals surface area contributed by atoms with E-state index in [1.54, 1.807) is 23.1 Å². The van der Waals surface area contributed by atoms with Crippen LogP contribution in [-0.4, -0.2) is 41.1 Å². The second-order valence-corrected chi connectivity index (χ2v) is 6.01. The van der Waals surface area contributed by atoms with Crippen molar-refractivity contribution in [2.75, 3.05) is 20.2 Å². The van der Waals surface area contributed by atoms with Crippen LogP contribution in [0.25, 0.3) is 0 Å². The lowest BCUT2D eigenvalue weighted by molar-refractivity contribution is 0.0666. The summed E-state index contributed by atoms with van der Waals surface area (Å²) >= 11 is 5.10. The van der Waals surface area contributed by atoms with E-state index in [0.29, 0.717) is 23.8 Å². The number of nitrogens with zero attached hydrogens (tertiary/aromatic N) is 1. The number of carbonyl (C=O) groups excluding carboxylic acids is 1. The predicted molar refractivity (Wildman–Crippen MR) is 84.7 cm³/mol. The van der Waals surface area contributed by atoms with Crippen molar-refractivity contribution < 1.29 is 14.6 Å². The molecule has 0 radical (unpaired) electrons. The summed E-state index contributed by atoms with van der Waals surface area (Å²) in [5.41, 5.74) is 5.83. The SMILES string of the molecule is COc1cccc(C(=O)N2CCC(C)(C(N)=S)CC2)c1O. The maximum Gasteiger partial charge on any atom is 0.257 e. The van der Waals surface area contributed by atoms with E-state index in [1.165, 1.54) is 7.11 Å². The van der Waals surface area contributed by atoms with Crippen molar-refractivity contribution in [3.8, 4) is 11.5 Å². The molecule has 1 saturated heterocycles. The molecule has 0 unspecified atom stereocenters. The normalized spacial score (nSPS) is 17.3. The molecule has 0 aliphatic carbocycles. The minimum absolute atomic E-state index is 0.118. The molecule has 2 rings (SSSR count). The Morgan fingerprint density at radius 3 is 2.57 bits per heavy atom. The molecule has 1 aromatic rings. The van der Waals surface area contributed by atoms with Gasteiger partial charge in [-0.15, -0.1) is 0 Å². The quantitative estimate of drug-likeness (QED) is 0.835. The highest BCUT2D eigenvalue weighted by molar-refractivity contribution is 7.80. The Labute approximate surface area is 129 Å². The first-order valence-electron chi connectivity index (χ1n) is 6.84. The number of hydrogen-bond acceptors (Lipinski definition) is 4. The molecule has 6 heteroatoms. The molecule has 1 fully saturated rings. The van der Waals surface area contributed by atoms with Crippen molar-refractivity contribution in [2.45, 2.75) is 19.8 Å². The fourth-order valence-corrected chi connectivity index (χ4v) is 2.68. The van der Waals surface area contributed by atoms with E-state index in [9.17, 15) is 9.90 Å². The lowest BCUT2D eigenvalue weighted by Gasteiger charge is -2.38. The number of piperidine rings is 1. The Morgan fingerprint density at radius 2 is 2.05 bits per heavy atom. The first-order chi connectivity index (χ1) is 9.89. The first kappa shape index (κ1) is 15.6. The highest BCUT2D eigenvalue weighted by atomic mass is 32.1. The molecule has 1 aromatic carbocycles. The standard InChI is InChI=1S/C15H20N2O3S/c1-15(14(16)21)6-8-17(9-7-15)13(19)10-4-3-5-11(20-2)12(10)18/h3-5,18H,6-9H2,1-2H3,(H2,16,21). The number of carbonyl (C=O) groups is 1. The van der Waals surface area contributed by atoms with E-state index in [2.05, 4.69) is 0 Å². The van der Waals surface area contributed by atoms with E-state index >= 15 is 0 Å². The summed E-state index contributed by atoms with van der Waals surface area (Å²) in [5.74, 6) is -0.0186. The lowest BCUT2D eigenvalue weighted by Crippen LogP contribution is -2.46. The monoisotopic (exact) mass is 308 g/mol. The zero-order valence-corrected chi connectivity index (χ0v) is 13.1. The van der Waals surface area contributed by atoms with Crippen LogP contribution in [0.15, 0.2) is 18.2 Å². The molecule has 5 nitrogen and oxygen atoms in total. The summed E-state index contributed by atoms with van der Waals surface area (Å²) in [6.45, 7) is 3.17. The molecule has 1 amide bonds. The Bertz CT molecular complexity index is 566. The van der Waals surface area contributed by atoms with Crippen molar-refractivity contribution in [3.63, 3.8) is 0 Å². The number of aromatic hydroxyl groups is 1. The summed E-state index contributed by atoms with van der Waals surface area (Å²) in [6, 6.07) is 4.91. The maximum atomic E-state index is 12.5. The van der Waals surface area contributed by atoms with Gasteiger partial charge in [-0.3, -0.25) is 4.79 Å². The van der Waals surface area contributed by atoms with Crippen LogP contribution in [0.5, 0.6) is 11.5 Å². The van der Waals surface area contributed by atoms with Gasteiger partial charge in [-0.25, -0.2) is 0 Å². The zero-order chi connectivity index (χ0) is 15.6. The Morgan fingerprint density at radius 1 is 1.43 bits per heavy atom. The first-order valence-corrected chi connectivity index (χ1v) is 7.25. The van der Waals surface area contributed by atoms with E-state index in [-0.39, 0.29) is 22.6 Å². The topological polar surface area (TPSA) is 75.8 Å². The second kappa shape index (κ2) is 5.89. The van der Waals surface area contributed by atoms with Crippen LogP contribution in [0.1, 0.15) is 30.1 Å². The van der Waals surface area contributed by atoms with Crippen molar-refractivity contribution >= 4 is 23.1 Å². The fraction of sp³-hybridized carbons (Fsp3) is 0.467. The highest BCUT2D eigenvalue weighted by Crippen LogP contribution is 2.34. The fourth-order valence-electron chi connectivity index (χ4n) is 2.48. The molecule has 1 aliphatic rings. The molecule has 0 atom stereocenters. The van der Waals surface area contributed by atoms with Gasteiger partial charge in [0.2, 0.25) is 0 Å². The smallest absolute Gasteiger partial charge is 0.257 e. The summed E-state index contributed by atoms with van der Waals surface area (Å²) < 4.78 is 5.03. The average Bonchev–Trinajstić information content (AvgIpc) is 2.47. The van der Waals surface area contributed by atoms with Gasteiger partial charge in [0, 0.05) is 18.5 Å². The summed E-state index contributed by atoms with van der Waals surface area (Å²) in [4.78, 5) is 14.7. The summed E-state index contributed by atoms with van der Waals surface area (Å²) in [6.07, 6.45) is 1.47. The summed E-state index contributed by atoms with van der Waals surface area (Å²) in [5, 5.41) is 10.1. The number of ether oxygens (including phenoxy) is 1. The highest BCUT2D eigenvalue weighted by Gasteiger charge is 2.35. The van der Waals surface area contributed by atoms with E-state index in [0.717, 1.165) is 12.8 Å². The molecule has 114 valence electrons. The number of para-hydroxylation sites is 1. The van der Waals surface area contributed by atoms with Gasteiger partial charge in [0.25, 0.3) is 5.91 Å². The van der Waals surface area contributed by atoms with Gasteiger partial charge in [-0.2, -0.15) is 0 Å². The van der Waals surface area contributed by atoms with Crippen LogP contribution < -0.4 is 10.5 Å². The third-order valence-electron chi connectivity index (χ3n) is 4.20. The molecule has 0 spiro atoms. The van der Waals surface area contributed by atoms with Crippen LogP contribution in [0, 0.1) is 5.41 Å². The molecule has 1 aliphatic heterocycles. The van der Waals surface area contributed by atoms with Crippen molar-refractivity contribution in [2.24, 2.45) is 11.1 Å². The molecular weight excluding hydrogens is 288 g/mol. The number of thiocarbonyl (C=S) groups is 1. The minimum Gasteiger partial charge on any atom is -0.504 e. The third-order valence-corrected chi connectivity index (χ3v) is 4.69. The number of nitrogens with two attached hydrogens (primary N) is 1. The van der Waals surface area contributed by atoms with Gasteiger partial charge < -0.3 is 20.5 Å². The number of phenolic OH excluding ortho intramolecular Hbond substituents is 1. The summed E-state index contributed by atoms with van der Waals surface area (Å²) in [7, 11) is 1.46. The Hall–Kier alpha value is -1.82. The number of amides is 1. The molecule has 0 saturated carbocycles. The van der Waals surface area contributed by atoms with Crippen LogP contribution in [-0.2, 0) is 0 Å².